The number of carbonyl (C=O) groups is 2. The molecule has 2 amide bonds. The predicted octanol–water partition coefficient (Wildman–Crippen LogP) is 3.51. The monoisotopic (exact) mass is 389 g/mol. The summed E-state index contributed by atoms with van der Waals surface area (Å²) in [6, 6.07) is 21.3. The normalized spacial score (nSPS) is 15.4. The summed E-state index contributed by atoms with van der Waals surface area (Å²) >= 11 is 0. The van der Waals surface area contributed by atoms with E-state index in [0.29, 0.717) is 19.5 Å². The number of hydrogen-bond acceptors (Lipinski definition) is 4. The third-order valence-electron chi connectivity index (χ3n) is 5.23. The molecule has 2 aromatic carbocycles. The van der Waals surface area contributed by atoms with E-state index in [2.05, 4.69) is 24.2 Å². The largest absolute Gasteiger partial charge is 0.351 e. The third-order valence-corrected chi connectivity index (χ3v) is 5.23. The Balaban J connectivity index is 1.39. The first kappa shape index (κ1) is 18.9. The molecule has 148 valence electrons. The lowest BCUT2D eigenvalue weighted by molar-refractivity contribution is -0.120. The lowest BCUT2D eigenvalue weighted by Crippen LogP contribution is -2.52. The van der Waals surface area contributed by atoms with Crippen molar-refractivity contribution in [2.45, 2.75) is 19.3 Å². The van der Waals surface area contributed by atoms with Gasteiger partial charge >= 0.3 is 0 Å². The smallest absolute Gasteiger partial charge is 0.293 e. The Morgan fingerprint density at radius 2 is 1.76 bits per heavy atom. The molecule has 0 N–H and O–H groups in total. The number of aromatic nitrogens is 1. The van der Waals surface area contributed by atoms with Crippen LogP contribution in [-0.4, -0.2) is 41.5 Å². The van der Waals surface area contributed by atoms with Crippen LogP contribution < -0.4 is 4.90 Å². The average molecular weight is 389 g/mol. The summed E-state index contributed by atoms with van der Waals surface area (Å²) in [7, 11) is 0. The lowest BCUT2D eigenvalue weighted by atomic mass is 9.96. The van der Waals surface area contributed by atoms with E-state index in [4.69, 9.17) is 4.52 Å². The highest BCUT2D eigenvalue weighted by atomic mass is 16.5. The van der Waals surface area contributed by atoms with E-state index in [0.717, 1.165) is 11.4 Å². The molecular weight excluding hydrogens is 366 g/mol. The zero-order valence-electron chi connectivity index (χ0n) is 16.3. The van der Waals surface area contributed by atoms with E-state index < -0.39 is 0 Å². The van der Waals surface area contributed by atoms with Gasteiger partial charge in [-0.2, -0.15) is 0 Å². The topological polar surface area (TPSA) is 66.7 Å². The number of carbonyl (C=O) groups excluding carboxylic acids is 2. The van der Waals surface area contributed by atoms with Crippen molar-refractivity contribution < 1.29 is 14.1 Å². The van der Waals surface area contributed by atoms with Crippen molar-refractivity contribution in [3.63, 3.8) is 0 Å². The maximum absolute atomic E-state index is 12.8. The van der Waals surface area contributed by atoms with Crippen molar-refractivity contribution in [1.29, 1.82) is 0 Å². The van der Waals surface area contributed by atoms with Gasteiger partial charge in [-0.1, -0.05) is 60.6 Å². The van der Waals surface area contributed by atoms with E-state index >= 15 is 0 Å². The molecule has 6 nitrogen and oxygen atoms in total. The van der Waals surface area contributed by atoms with Gasteiger partial charge < -0.3 is 14.3 Å². The molecule has 0 radical (unpaired) electrons. The Hall–Kier alpha value is -3.41. The molecule has 1 aromatic heterocycles. The van der Waals surface area contributed by atoms with Crippen LogP contribution in [0, 0.1) is 0 Å². The van der Waals surface area contributed by atoms with Crippen LogP contribution in [0.25, 0.3) is 0 Å². The van der Waals surface area contributed by atoms with E-state index in [1.807, 2.05) is 48.5 Å². The van der Waals surface area contributed by atoms with Crippen molar-refractivity contribution in [3.05, 3.63) is 83.7 Å². The highest BCUT2D eigenvalue weighted by Gasteiger charge is 2.30. The summed E-state index contributed by atoms with van der Waals surface area (Å²) < 4.78 is 5.30. The van der Waals surface area contributed by atoms with Crippen molar-refractivity contribution in [1.82, 2.24) is 10.1 Å². The van der Waals surface area contributed by atoms with Crippen LogP contribution in [0.1, 0.15) is 34.7 Å². The van der Waals surface area contributed by atoms with Crippen LogP contribution in [0.15, 0.2) is 71.3 Å². The zero-order valence-corrected chi connectivity index (χ0v) is 16.3. The molecule has 0 saturated carbocycles. The fourth-order valence-corrected chi connectivity index (χ4v) is 3.61. The second kappa shape index (κ2) is 8.31. The van der Waals surface area contributed by atoms with Gasteiger partial charge in [0, 0.05) is 24.8 Å². The van der Waals surface area contributed by atoms with Crippen molar-refractivity contribution >= 4 is 17.5 Å². The summed E-state index contributed by atoms with van der Waals surface area (Å²) in [6.45, 7) is 3.06. The fraction of sp³-hybridized carbons (Fsp3) is 0.261. The summed E-state index contributed by atoms with van der Waals surface area (Å²) in [5.41, 5.74) is 2.80. The minimum atomic E-state index is -0.294. The summed E-state index contributed by atoms with van der Waals surface area (Å²) in [4.78, 5) is 28.5. The van der Waals surface area contributed by atoms with E-state index in [9.17, 15) is 9.59 Å². The highest BCUT2D eigenvalue weighted by molar-refractivity contribution is 6.00. The Labute approximate surface area is 169 Å². The molecular formula is C23H23N3O3. The van der Waals surface area contributed by atoms with Gasteiger partial charge in [0.1, 0.15) is 6.54 Å². The Kier molecular flexibility index (Phi) is 5.42. The maximum Gasteiger partial charge on any atom is 0.293 e. The number of rotatable bonds is 5. The second-order valence-corrected chi connectivity index (χ2v) is 7.31. The number of nitrogens with zero attached hydrogens (tertiary/aromatic N) is 3. The quantitative estimate of drug-likeness (QED) is 0.670. The van der Waals surface area contributed by atoms with Crippen molar-refractivity contribution in [2.24, 2.45) is 0 Å². The van der Waals surface area contributed by atoms with Gasteiger partial charge in [-0.3, -0.25) is 9.59 Å². The first-order valence-electron chi connectivity index (χ1n) is 9.77. The average Bonchev–Trinajstić information content (AvgIpc) is 3.23. The number of benzene rings is 2. The molecule has 0 spiro atoms. The van der Waals surface area contributed by atoms with E-state index in [1.165, 1.54) is 10.5 Å². The Morgan fingerprint density at radius 1 is 1.07 bits per heavy atom. The first-order valence-corrected chi connectivity index (χ1v) is 9.77. The minimum Gasteiger partial charge on any atom is -0.351 e. The van der Waals surface area contributed by atoms with E-state index in [-0.39, 0.29) is 30.0 Å². The zero-order chi connectivity index (χ0) is 20.2. The molecule has 2 heterocycles. The fourth-order valence-electron chi connectivity index (χ4n) is 3.61. The van der Waals surface area contributed by atoms with Crippen LogP contribution in [-0.2, 0) is 11.2 Å². The van der Waals surface area contributed by atoms with Gasteiger partial charge in [0.05, 0.1) is 5.69 Å². The van der Waals surface area contributed by atoms with Gasteiger partial charge in [0.15, 0.2) is 0 Å². The number of para-hydroxylation sites is 1. The first-order chi connectivity index (χ1) is 14.1. The lowest BCUT2D eigenvalue weighted by Gasteiger charge is -2.33. The maximum atomic E-state index is 12.8. The summed E-state index contributed by atoms with van der Waals surface area (Å²) in [6.07, 6.45) is 0.682. The van der Waals surface area contributed by atoms with E-state index in [1.54, 1.807) is 11.0 Å². The number of hydrogen-bond donors (Lipinski definition) is 0. The number of piperazine rings is 1. The van der Waals surface area contributed by atoms with Crippen molar-refractivity contribution in [2.75, 3.05) is 24.5 Å². The molecule has 1 fully saturated rings. The molecule has 6 heteroatoms. The summed E-state index contributed by atoms with van der Waals surface area (Å²) in [5.74, 6) is 0.0480. The van der Waals surface area contributed by atoms with Gasteiger partial charge in [0.2, 0.25) is 11.7 Å². The molecule has 0 unspecified atom stereocenters. The molecule has 1 aliphatic rings. The minimum absolute atomic E-state index is 0.0319. The molecule has 3 aromatic rings. The van der Waals surface area contributed by atoms with Gasteiger partial charge in [-0.15, -0.1) is 0 Å². The summed E-state index contributed by atoms with van der Waals surface area (Å²) in [5, 5.41) is 4.06. The van der Waals surface area contributed by atoms with Gasteiger partial charge in [-0.25, -0.2) is 0 Å². The predicted molar refractivity (Wildman–Crippen MR) is 110 cm³/mol. The van der Waals surface area contributed by atoms with Crippen LogP contribution in [0.2, 0.25) is 0 Å². The molecule has 0 aliphatic carbocycles. The standard InChI is InChI=1S/C23H23N3O3/c1-17(18-8-4-2-5-9-18)14-19-15-21(29-24-19)23(28)25-12-13-26(22(27)16-25)20-10-6-3-7-11-20/h2-11,15,17H,12-14,16H2,1H3/t17-/m1/s1. The van der Waals surface area contributed by atoms with Crippen LogP contribution in [0.5, 0.6) is 0 Å². The third kappa shape index (κ3) is 4.21. The SMILES string of the molecule is C[C@H](Cc1cc(C(=O)N2CCN(c3ccccc3)C(=O)C2)on1)c1ccccc1. The molecule has 1 atom stereocenters. The number of anilines is 1. The van der Waals surface area contributed by atoms with Gasteiger partial charge in [-0.05, 0) is 30.0 Å². The highest BCUT2D eigenvalue weighted by Crippen LogP contribution is 2.21. The molecule has 1 saturated heterocycles. The van der Waals surface area contributed by atoms with Crippen LogP contribution >= 0.6 is 0 Å². The molecule has 0 bridgehead atoms. The molecule has 1 aliphatic heterocycles. The molecule has 4 rings (SSSR count). The van der Waals surface area contributed by atoms with Crippen LogP contribution in [0.4, 0.5) is 5.69 Å². The van der Waals surface area contributed by atoms with Crippen LogP contribution in [0.3, 0.4) is 0 Å². The second-order valence-electron chi connectivity index (χ2n) is 7.31. The van der Waals surface area contributed by atoms with Crippen molar-refractivity contribution in [3.8, 4) is 0 Å². The Bertz CT molecular complexity index is 985. The molecule has 29 heavy (non-hydrogen) atoms. The number of amides is 2. The Morgan fingerprint density at radius 3 is 2.45 bits per heavy atom. The van der Waals surface area contributed by atoms with Gasteiger partial charge in [0.25, 0.3) is 5.91 Å².